The number of esters is 1. The van der Waals surface area contributed by atoms with E-state index >= 15 is 0 Å². The molecule has 1 rings (SSSR count). The second-order valence-electron chi connectivity index (χ2n) is 4.99. The molecule has 104 valence electrons. The number of hydrogen-bond acceptors (Lipinski definition) is 3. The van der Waals surface area contributed by atoms with Crippen LogP contribution in [-0.4, -0.2) is 36.6 Å². The van der Waals surface area contributed by atoms with Crippen LogP contribution in [0.1, 0.15) is 46.5 Å². The van der Waals surface area contributed by atoms with E-state index in [1.807, 2.05) is 13.8 Å². The van der Waals surface area contributed by atoms with Gasteiger partial charge in [0, 0.05) is 6.54 Å². The van der Waals surface area contributed by atoms with Gasteiger partial charge in [-0.3, -0.25) is 9.69 Å². The maximum atomic E-state index is 12.0. The van der Waals surface area contributed by atoms with E-state index in [2.05, 4.69) is 24.0 Å². The zero-order valence-electron chi connectivity index (χ0n) is 12.0. The minimum Gasteiger partial charge on any atom is -0.465 e. The van der Waals surface area contributed by atoms with Crippen molar-refractivity contribution >= 4 is 5.97 Å². The van der Waals surface area contributed by atoms with Crippen LogP contribution in [0.15, 0.2) is 12.2 Å². The van der Waals surface area contributed by atoms with E-state index in [0.29, 0.717) is 12.5 Å². The highest BCUT2D eigenvalue weighted by atomic mass is 16.5. The van der Waals surface area contributed by atoms with Crippen LogP contribution < -0.4 is 0 Å². The fraction of sp³-hybridized carbons (Fsp3) is 0.800. The highest BCUT2D eigenvalue weighted by Gasteiger charge is 2.35. The third-order valence-corrected chi connectivity index (χ3v) is 3.51. The van der Waals surface area contributed by atoms with Crippen molar-refractivity contribution in [3.05, 3.63) is 12.2 Å². The summed E-state index contributed by atoms with van der Waals surface area (Å²) in [4.78, 5) is 14.3. The van der Waals surface area contributed by atoms with Crippen LogP contribution in [0, 0.1) is 5.92 Å². The molecule has 3 heteroatoms. The zero-order chi connectivity index (χ0) is 13.4. The molecule has 1 aliphatic heterocycles. The Balaban J connectivity index is 2.55. The minimum atomic E-state index is -0.0407. The smallest absolute Gasteiger partial charge is 0.323 e. The van der Waals surface area contributed by atoms with Crippen LogP contribution >= 0.6 is 0 Å². The summed E-state index contributed by atoms with van der Waals surface area (Å²) >= 11 is 0. The number of unbranched alkanes of at least 4 members (excludes halogenated alkanes) is 2. The Morgan fingerprint density at radius 2 is 2.17 bits per heavy atom. The minimum absolute atomic E-state index is 0.0250. The number of nitrogens with zero attached hydrogens (tertiary/aromatic N) is 1. The van der Waals surface area contributed by atoms with Gasteiger partial charge >= 0.3 is 5.97 Å². The molecule has 0 aromatic heterocycles. The van der Waals surface area contributed by atoms with Gasteiger partial charge in [0.15, 0.2) is 0 Å². The van der Waals surface area contributed by atoms with Gasteiger partial charge in [-0.05, 0) is 39.2 Å². The highest BCUT2D eigenvalue weighted by molar-refractivity contribution is 5.76. The molecular formula is C15H27NO2. The predicted octanol–water partition coefficient (Wildman–Crippen LogP) is 3.01. The first kappa shape index (κ1) is 15.2. The molecule has 2 unspecified atom stereocenters. The summed E-state index contributed by atoms with van der Waals surface area (Å²) in [6.07, 6.45) is 8.84. The number of carbonyl (C=O) groups excluding carboxylic acids is 1. The molecule has 0 bridgehead atoms. The first-order valence-electron chi connectivity index (χ1n) is 7.26. The molecule has 0 aromatic rings. The molecule has 3 nitrogen and oxygen atoms in total. The largest absolute Gasteiger partial charge is 0.465 e. The van der Waals surface area contributed by atoms with Crippen molar-refractivity contribution in [2.75, 3.05) is 19.7 Å². The monoisotopic (exact) mass is 253 g/mol. The van der Waals surface area contributed by atoms with Gasteiger partial charge in [-0.1, -0.05) is 31.9 Å². The third kappa shape index (κ3) is 4.45. The Bertz CT molecular complexity index is 276. The molecule has 0 aliphatic carbocycles. The van der Waals surface area contributed by atoms with E-state index < -0.39 is 0 Å². The van der Waals surface area contributed by atoms with Crippen LogP contribution in [-0.2, 0) is 9.53 Å². The Morgan fingerprint density at radius 1 is 1.39 bits per heavy atom. The summed E-state index contributed by atoms with van der Waals surface area (Å²) < 4.78 is 5.18. The number of ether oxygens (including phenoxy) is 1. The maximum Gasteiger partial charge on any atom is 0.323 e. The molecule has 0 N–H and O–H groups in total. The van der Waals surface area contributed by atoms with Crippen molar-refractivity contribution in [2.24, 2.45) is 5.92 Å². The molecule has 0 spiro atoms. The Kier molecular flexibility index (Phi) is 7.02. The first-order chi connectivity index (χ1) is 8.72. The topological polar surface area (TPSA) is 29.5 Å². The van der Waals surface area contributed by atoms with E-state index in [0.717, 1.165) is 19.5 Å². The highest BCUT2D eigenvalue weighted by Crippen LogP contribution is 2.25. The van der Waals surface area contributed by atoms with Gasteiger partial charge in [-0.25, -0.2) is 0 Å². The molecule has 2 atom stereocenters. The molecule has 1 heterocycles. The van der Waals surface area contributed by atoms with Crippen molar-refractivity contribution < 1.29 is 9.53 Å². The van der Waals surface area contributed by atoms with Gasteiger partial charge in [0.25, 0.3) is 0 Å². The molecule has 1 aliphatic rings. The average Bonchev–Trinajstić information content (AvgIpc) is 2.74. The van der Waals surface area contributed by atoms with E-state index in [9.17, 15) is 4.79 Å². The number of likely N-dealkylation sites (tertiary alicyclic amines) is 1. The molecule has 0 aromatic carbocycles. The van der Waals surface area contributed by atoms with Crippen LogP contribution in [0.3, 0.4) is 0 Å². The first-order valence-corrected chi connectivity index (χ1v) is 7.26. The number of rotatable bonds is 7. The lowest BCUT2D eigenvalue weighted by molar-refractivity contribution is -0.148. The fourth-order valence-corrected chi connectivity index (χ4v) is 2.65. The van der Waals surface area contributed by atoms with Crippen molar-refractivity contribution in [1.82, 2.24) is 4.90 Å². The SMILES string of the molecule is C/C=C\C1CC(C(=O)OCC)N(CCCCC)C1. The lowest BCUT2D eigenvalue weighted by Gasteiger charge is -2.22. The quantitative estimate of drug-likeness (QED) is 0.397. The Morgan fingerprint density at radius 3 is 2.78 bits per heavy atom. The average molecular weight is 253 g/mol. The lowest BCUT2D eigenvalue weighted by atomic mass is 10.1. The molecular weight excluding hydrogens is 226 g/mol. The summed E-state index contributed by atoms with van der Waals surface area (Å²) in [6.45, 7) is 8.61. The molecule has 1 saturated heterocycles. The van der Waals surface area contributed by atoms with Crippen LogP contribution in [0.25, 0.3) is 0 Å². The van der Waals surface area contributed by atoms with Gasteiger partial charge in [-0.15, -0.1) is 0 Å². The molecule has 0 radical (unpaired) electrons. The summed E-state index contributed by atoms with van der Waals surface area (Å²) in [6, 6.07) is -0.0250. The standard InChI is InChI=1S/C15H27NO2/c1-4-7-8-10-16-12-13(9-5-2)11-14(16)15(17)18-6-3/h5,9,13-14H,4,6-8,10-12H2,1-3H3/b9-5-. The summed E-state index contributed by atoms with van der Waals surface area (Å²) in [7, 11) is 0. The van der Waals surface area contributed by atoms with E-state index in [4.69, 9.17) is 4.74 Å². The second-order valence-corrected chi connectivity index (χ2v) is 4.99. The fourth-order valence-electron chi connectivity index (χ4n) is 2.65. The molecule has 0 saturated carbocycles. The van der Waals surface area contributed by atoms with Crippen LogP contribution in [0.2, 0.25) is 0 Å². The maximum absolute atomic E-state index is 12.0. The van der Waals surface area contributed by atoms with Crippen LogP contribution in [0.5, 0.6) is 0 Å². The van der Waals surface area contributed by atoms with E-state index in [-0.39, 0.29) is 12.0 Å². The molecule has 1 fully saturated rings. The normalized spacial score (nSPS) is 24.8. The third-order valence-electron chi connectivity index (χ3n) is 3.51. The van der Waals surface area contributed by atoms with Gasteiger partial charge < -0.3 is 4.74 Å². The van der Waals surface area contributed by atoms with Gasteiger partial charge in [0.2, 0.25) is 0 Å². The molecule has 0 amide bonds. The van der Waals surface area contributed by atoms with E-state index in [1.165, 1.54) is 19.3 Å². The van der Waals surface area contributed by atoms with Crippen LogP contribution in [0.4, 0.5) is 0 Å². The Labute approximate surface area is 111 Å². The van der Waals surface area contributed by atoms with Gasteiger partial charge in [-0.2, -0.15) is 0 Å². The van der Waals surface area contributed by atoms with Crippen molar-refractivity contribution in [1.29, 1.82) is 0 Å². The van der Waals surface area contributed by atoms with Crippen molar-refractivity contribution in [3.8, 4) is 0 Å². The summed E-state index contributed by atoms with van der Waals surface area (Å²) in [5.74, 6) is 0.465. The second kappa shape index (κ2) is 8.30. The van der Waals surface area contributed by atoms with Gasteiger partial charge in [0.05, 0.1) is 6.61 Å². The number of allylic oxidation sites excluding steroid dienone is 1. The predicted molar refractivity (Wildman–Crippen MR) is 74.4 cm³/mol. The summed E-state index contributed by atoms with van der Waals surface area (Å²) in [5.41, 5.74) is 0. The zero-order valence-corrected chi connectivity index (χ0v) is 12.0. The van der Waals surface area contributed by atoms with Gasteiger partial charge in [0.1, 0.15) is 6.04 Å². The lowest BCUT2D eigenvalue weighted by Crippen LogP contribution is -2.37. The Hall–Kier alpha value is -0.830. The number of hydrogen-bond donors (Lipinski definition) is 0. The summed E-state index contributed by atoms with van der Waals surface area (Å²) in [5, 5.41) is 0. The molecule has 18 heavy (non-hydrogen) atoms. The van der Waals surface area contributed by atoms with Crippen molar-refractivity contribution in [2.45, 2.75) is 52.5 Å². The van der Waals surface area contributed by atoms with Crippen molar-refractivity contribution in [3.63, 3.8) is 0 Å². The number of carbonyl (C=O) groups is 1. The van der Waals surface area contributed by atoms with E-state index in [1.54, 1.807) is 0 Å².